The number of amides is 1. The van der Waals surface area contributed by atoms with Gasteiger partial charge < -0.3 is 10.2 Å². The molecule has 7 heteroatoms. The second-order valence-electron chi connectivity index (χ2n) is 6.82. The Kier molecular flexibility index (Phi) is 5.45. The minimum absolute atomic E-state index is 0.0186. The van der Waals surface area contributed by atoms with Gasteiger partial charge >= 0.3 is 0 Å². The maximum absolute atomic E-state index is 13.4. The van der Waals surface area contributed by atoms with Crippen molar-refractivity contribution in [2.45, 2.75) is 26.3 Å². The lowest BCUT2D eigenvalue weighted by molar-refractivity contribution is 0.0638. The van der Waals surface area contributed by atoms with Gasteiger partial charge in [-0.25, -0.2) is 15.0 Å². The topological polar surface area (TPSA) is 71.0 Å². The molecule has 6 nitrogen and oxygen atoms in total. The Morgan fingerprint density at radius 1 is 1.25 bits per heavy atom. The van der Waals surface area contributed by atoms with Crippen LogP contribution < -0.4 is 5.32 Å². The van der Waals surface area contributed by atoms with Crippen LogP contribution in [-0.2, 0) is 6.42 Å². The van der Waals surface area contributed by atoms with E-state index in [9.17, 15) is 4.79 Å². The molecule has 1 N–H and O–H groups in total. The van der Waals surface area contributed by atoms with E-state index in [-0.39, 0.29) is 11.9 Å². The van der Waals surface area contributed by atoms with Crippen LogP contribution in [0.2, 0.25) is 0 Å². The summed E-state index contributed by atoms with van der Waals surface area (Å²) in [7, 11) is 0. The van der Waals surface area contributed by atoms with E-state index in [4.69, 9.17) is 0 Å². The number of carbonyl (C=O) groups excluding carboxylic acids is 1. The average molecular weight is 394 g/mol. The van der Waals surface area contributed by atoms with Crippen LogP contribution in [0.15, 0.2) is 42.7 Å². The Labute approximate surface area is 168 Å². The van der Waals surface area contributed by atoms with Gasteiger partial charge in [0.1, 0.15) is 4.88 Å². The Morgan fingerprint density at radius 3 is 2.71 bits per heavy atom. The predicted octanol–water partition coefficient (Wildman–Crippen LogP) is 3.26. The summed E-state index contributed by atoms with van der Waals surface area (Å²) in [6.45, 7) is 6.25. The fraction of sp³-hybridized carbons (Fsp3) is 0.333. The molecule has 1 atom stereocenters. The van der Waals surface area contributed by atoms with Crippen LogP contribution >= 0.6 is 11.3 Å². The van der Waals surface area contributed by atoms with Gasteiger partial charge in [0.2, 0.25) is 0 Å². The van der Waals surface area contributed by atoms with Gasteiger partial charge in [-0.2, -0.15) is 0 Å². The molecule has 2 aromatic heterocycles. The van der Waals surface area contributed by atoms with Crippen LogP contribution in [0.25, 0.3) is 10.8 Å². The SMILES string of the molecule is CCc1ccc(C2CNCCN2C(=O)c2sc(-c3ncccn3)nc2C)cc1. The van der Waals surface area contributed by atoms with Crippen molar-refractivity contribution in [1.29, 1.82) is 0 Å². The van der Waals surface area contributed by atoms with Gasteiger partial charge in [0.05, 0.1) is 11.7 Å². The molecule has 1 aliphatic rings. The van der Waals surface area contributed by atoms with Crippen LogP contribution in [0.5, 0.6) is 0 Å². The van der Waals surface area contributed by atoms with Crippen LogP contribution in [0.3, 0.4) is 0 Å². The Morgan fingerprint density at radius 2 is 2.00 bits per heavy atom. The Bertz CT molecular complexity index is 955. The van der Waals surface area contributed by atoms with Crippen molar-refractivity contribution in [3.8, 4) is 10.8 Å². The second-order valence-corrected chi connectivity index (χ2v) is 7.82. The van der Waals surface area contributed by atoms with E-state index in [1.54, 1.807) is 18.5 Å². The summed E-state index contributed by atoms with van der Waals surface area (Å²) < 4.78 is 0. The molecule has 1 amide bonds. The zero-order valence-corrected chi connectivity index (χ0v) is 16.9. The molecule has 1 aromatic carbocycles. The molecular formula is C21H23N5OS. The molecule has 4 rings (SSSR count). The van der Waals surface area contributed by atoms with Gasteiger partial charge in [0.15, 0.2) is 10.8 Å². The number of hydrogen-bond donors (Lipinski definition) is 1. The monoisotopic (exact) mass is 393 g/mol. The number of nitrogens with zero attached hydrogens (tertiary/aromatic N) is 4. The van der Waals surface area contributed by atoms with Gasteiger partial charge in [-0.15, -0.1) is 11.3 Å². The van der Waals surface area contributed by atoms with Gasteiger partial charge in [-0.3, -0.25) is 4.79 Å². The first-order chi connectivity index (χ1) is 13.7. The zero-order valence-electron chi connectivity index (χ0n) is 16.1. The maximum atomic E-state index is 13.4. The molecule has 0 radical (unpaired) electrons. The van der Waals surface area contributed by atoms with E-state index < -0.39 is 0 Å². The molecule has 0 aliphatic carbocycles. The molecule has 1 saturated heterocycles. The number of carbonyl (C=O) groups is 1. The number of nitrogens with one attached hydrogen (secondary N) is 1. The van der Waals surface area contributed by atoms with Gasteiger partial charge in [-0.05, 0) is 30.5 Å². The number of thiazole rings is 1. The van der Waals surface area contributed by atoms with E-state index >= 15 is 0 Å². The molecule has 3 aromatic rings. The quantitative estimate of drug-likeness (QED) is 0.737. The second kappa shape index (κ2) is 8.16. The molecule has 0 saturated carbocycles. The number of piperazine rings is 1. The fourth-order valence-corrected chi connectivity index (χ4v) is 4.42. The van der Waals surface area contributed by atoms with E-state index in [0.717, 1.165) is 30.8 Å². The molecule has 28 heavy (non-hydrogen) atoms. The van der Waals surface area contributed by atoms with Crippen molar-refractivity contribution in [2.75, 3.05) is 19.6 Å². The van der Waals surface area contributed by atoms with Crippen LogP contribution in [0.4, 0.5) is 0 Å². The number of benzene rings is 1. The van der Waals surface area contributed by atoms with E-state index in [1.165, 1.54) is 16.9 Å². The number of hydrogen-bond acceptors (Lipinski definition) is 6. The van der Waals surface area contributed by atoms with Crippen molar-refractivity contribution in [3.05, 3.63) is 64.4 Å². The lowest BCUT2D eigenvalue weighted by Gasteiger charge is -2.36. The summed E-state index contributed by atoms with van der Waals surface area (Å²) in [5.74, 6) is 0.588. The number of aryl methyl sites for hydroxylation is 2. The van der Waals surface area contributed by atoms with Crippen LogP contribution in [-0.4, -0.2) is 45.4 Å². The lowest BCUT2D eigenvalue weighted by Crippen LogP contribution is -2.48. The van der Waals surface area contributed by atoms with Crippen molar-refractivity contribution >= 4 is 17.2 Å². The standard InChI is InChI=1S/C21H23N5OS/c1-3-15-5-7-16(8-6-15)17-13-22-11-12-26(17)21(27)18-14(2)25-20(28-18)19-23-9-4-10-24-19/h4-10,17,22H,3,11-13H2,1-2H3. The zero-order chi connectivity index (χ0) is 19.5. The summed E-state index contributed by atoms with van der Waals surface area (Å²) in [5, 5.41) is 4.10. The third-order valence-electron chi connectivity index (χ3n) is 5.02. The van der Waals surface area contributed by atoms with Gasteiger partial charge in [-0.1, -0.05) is 31.2 Å². The number of aromatic nitrogens is 3. The maximum Gasteiger partial charge on any atom is 0.266 e. The largest absolute Gasteiger partial charge is 0.328 e. The third kappa shape index (κ3) is 3.68. The predicted molar refractivity (Wildman–Crippen MR) is 110 cm³/mol. The first-order valence-corrected chi connectivity index (χ1v) is 10.3. The fourth-order valence-electron chi connectivity index (χ4n) is 3.45. The molecule has 0 bridgehead atoms. The molecule has 0 spiro atoms. The van der Waals surface area contributed by atoms with Crippen molar-refractivity contribution in [3.63, 3.8) is 0 Å². The highest BCUT2D eigenvalue weighted by molar-refractivity contribution is 7.17. The summed E-state index contributed by atoms with van der Waals surface area (Å²) in [6, 6.07) is 10.4. The molecule has 1 fully saturated rings. The summed E-state index contributed by atoms with van der Waals surface area (Å²) in [6.07, 6.45) is 4.38. The van der Waals surface area contributed by atoms with E-state index in [1.807, 2.05) is 11.8 Å². The first kappa shape index (κ1) is 18.7. The molecular weight excluding hydrogens is 370 g/mol. The molecule has 144 valence electrons. The highest BCUT2D eigenvalue weighted by Gasteiger charge is 2.31. The minimum atomic E-state index is 0.0186. The normalized spacial score (nSPS) is 16.9. The molecule has 1 aliphatic heterocycles. The van der Waals surface area contributed by atoms with Crippen molar-refractivity contribution < 1.29 is 4.79 Å². The van der Waals surface area contributed by atoms with E-state index in [2.05, 4.69) is 51.5 Å². The van der Waals surface area contributed by atoms with Crippen molar-refractivity contribution in [1.82, 2.24) is 25.2 Å². The molecule has 3 heterocycles. The average Bonchev–Trinajstić information content (AvgIpc) is 3.15. The molecule has 1 unspecified atom stereocenters. The Balaban J connectivity index is 1.63. The summed E-state index contributed by atoms with van der Waals surface area (Å²) in [5.41, 5.74) is 3.19. The summed E-state index contributed by atoms with van der Waals surface area (Å²) >= 11 is 1.37. The highest BCUT2D eigenvalue weighted by atomic mass is 32.1. The van der Waals surface area contributed by atoms with Crippen molar-refractivity contribution in [2.24, 2.45) is 0 Å². The lowest BCUT2D eigenvalue weighted by atomic mass is 10.0. The van der Waals surface area contributed by atoms with Gasteiger partial charge in [0, 0.05) is 32.0 Å². The highest BCUT2D eigenvalue weighted by Crippen LogP contribution is 2.30. The van der Waals surface area contributed by atoms with Gasteiger partial charge in [0.25, 0.3) is 5.91 Å². The smallest absolute Gasteiger partial charge is 0.266 e. The third-order valence-corrected chi connectivity index (χ3v) is 6.17. The number of rotatable bonds is 4. The van der Waals surface area contributed by atoms with Crippen LogP contribution in [0.1, 0.15) is 39.5 Å². The van der Waals surface area contributed by atoms with Crippen LogP contribution in [0, 0.1) is 6.92 Å². The first-order valence-electron chi connectivity index (χ1n) is 9.52. The summed E-state index contributed by atoms with van der Waals surface area (Å²) in [4.78, 5) is 29.1. The van der Waals surface area contributed by atoms with E-state index in [0.29, 0.717) is 22.3 Å². The minimum Gasteiger partial charge on any atom is -0.328 e. The Hall–Kier alpha value is -2.64.